The lowest BCUT2D eigenvalue weighted by Gasteiger charge is -2.60. The van der Waals surface area contributed by atoms with Crippen LogP contribution in [0.25, 0.3) is 0 Å². The van der Waals surface area contributed by atoms with E-state index in [2.05, 4.69) is 9.88 Å². The van der Waals surface area contributed by atoms with Crippen molar-refractivity contribution in [2.75, 3.05) is 5.73 Å². The summed E-state index contributed by atoms with van der Waals surface area (Å²) in [6.45, 7) is 2.19. The van der Waals surface area contributed by atoms with Gasteiger partial charge in [-0.1, -0.05) is 0 Å². The number of nitrogens with zero attached hydrogens (tertiary/aromatic N) is 2. The van der Waals surface area contributed by atoms with Crippen molar-refractivity contribution in [1.82, 2.24) is 9.88 Å². The van der Waals surface area contributed by atoms with Crippen LogP contribution in [0.2, 0.25) is 0 Å². The second-order valence-corrected chi connectivity index (χ2v) is 8.54. The van der Waals surface area contributed by atoms with Crippen molar-refractivity contribution in [2.24, 2.45) is 17.8 Å². The van der Waals surface area contributed by atoms with Crippen molar-refractivity contribution < 1.29 is 0 Å². The second-order valence-electron chi connectivity index (χ2n) is 7.42. The van der Waals surface area contributed by atoms with Crippen LogP contribution in [0.5, 0.6) is 0 Å². The van der Waals surface area contributed by atoms with Gasteiger partial charge in [-0.25, -0.2) is 4.98 Å². The highest BCUT2D eigenvalue weighted by Gasteiger charge is 2.54. The largest absolute Gasteiger partial charge is 0.375 e. The Kier molecular flexibility index (Phi) is 2.06. The summed E-state index contributed by atoms with van der Waals surface area (Å²) in [6, 6.07) is 0. The lowest BCUT2D eigenvalue weighted by atomic mass is 9.52. The van der Waals surface area contributed by atoms with E-state index >= 15 is 0 Å². The van der Waals surface area contributed by atoms with E-state index in [1.165, 1.54) is 49.1 Å². The Balaban J connectivity index is 1.46. The predicted molar refractivity (Wildman–Crippen MR) is 76.7 cm³/mol. The van der Waals surface area contributed by atoms with E-state index in [0.29, 0.717) is 5.54 Å². The van der Waals surface area contributed by atoms with Gasteiger partial charge in [-0.15, -0.1) is 11.3 Å². The summed E-state index contributed by atoms with van der Waals surface area (Å²) in [5.74, 6) is 3.09. The van der Waals surface area contributed by atoms with Gasteiger partial charge in [-0.05, 0) is 56.3 Å². The lowest BCUT2D eigenvalue weighted by molar-refractivity contribution is -0.0916. The number of anilines is 1. The van der Waals surface area contributed by atoms with Crippen molar-refractivity contribution in [1.29, 1.82) is 0 Å². The minimum atomic E-state index is 0.532. The number of hydrogen-bond acceptors (Lipinski definition) is 4. The number of rotatable bonds is 1. The molecule has 0 saturated heterocycles. The Morgan fingerprint density at radius 2 is 1.68 bits per heavy atom. The van der Waals surface area contributed by atoms with E-state index in [-0.39, 0.29) is 0 Å². The molecule has 5 aliphatic rings. The third kappa shape index (κ3) is 1.50. The van der Waals surface area contributed by atoms with Crippen LogP contribution in [0.1, 0.15) is 49.1 Å². The number of nitrogen functional groups attached to an aromatic ring is 1. The third-order valence-electron chi connectivity index (χ3n) is 6.15. The van der Waals surface area contributed by atoms with E-state index in [9.17, 15) is 0 Å². The predicted octanol–water partition coefficient (Wildman–Crippen LogP) is 3.01. The fourth-order valence-corrected chi connectivity index (χ4v) is 6.70. The maximum absolute atomic E-state index is 5.83. The maximum Gasteiger partial charge on any atom is 0.180 e. The van der Waals surface area contributed by atoms with Crippen LogP contribution < -0.4 is 5.73 Å². The first-order valence-corrected chi connectivity index (χ1v) is 8.51. The first-order valence-electron chi connectivity index (χ1n) is 7.69. The molecule has 102 valence electrons. The molecule has 0 aromatic carbocycles. The molecular formula is C15H21N3S. The van der Waals surface area contributed by atoms with Crippen molar-refractivity contribution >= 4 is 16.5 Å². The number of nitrogens with two attached hydrogens (primary N) is 1. The summed E-state index contributed by atoms with van der Waals surface area (Å²) < 4.78 is 0. The molecule has 6 rings (SSSR count). The smallest absolute Gasteiger partial charge is 0.180 e. The van der Waals surface area contributed by atoms with Gasteiger partial charge in [-0.3, -0.25) is 4.90 Å². The number of fused-ring (bicyclic) bond motifs is 1. The SMILES string of the molecule is Nc1nc2c(s1)CN(C13CC4CC(CC(C4)C1)C3)C2. The minimum absolute atomic E-state index is 0.532. The van der Waals surface area contributed by atoms with Crippen molar-refractivity contribution in [3.8, 4) is 0 Å². The highest BCUT2D eigenvalue weighted by Crippen LogP contribution is 2.59. The summed E-state index contributed by atoms with van der Waals surface area (Å²) in [5.41, 5.74) is 7.64. The number of aromatic nitrogens is 1. The summed E-state index contributed by atoms with van der Waals surface area (Å²) >= 11 is 1.71. The topological polar surface area (TPSA) is 42.1 Å². The maximum atomic E-state index is 5.83. The summed E-state index contributed by atoms with van der Waals surface area (Å²) in [6.07, 6.45) is 8.97. The van der Waals surface area contributed by atoms with E-state index in [1.807, 2.05) is 0 Å². The summed E-state index contributed by atoms with van der Waals surface area (Å²) in [7, 11) is 0. The van der Waals surface area contributed by atoms with Crippen LogP contribution in [0.15, 0.2) is 0 Å². The molecule has 4 bridgehead atoms. The van der Waals surface area contributed by atoms with Crippen molar-refractivity contribution in [3.63, 3.8) is 0 Å². The molecule has 0 spiro atoms. The highest BCUT2D eigenvalue weighted by molar-refractivity contribution is 7.15. The fraction of sp³-hybridized carbons (Fsp3) is 0.800. The van der Waals surface area contributed by atoms with Crippen molar-refractivity contribution in [3.05, 3.63) is 10.6 Å². The van der Waals surface area contributed by atoms with Gasteiger partial charge in [0.1, 0.15) is 0 Å². The molecule has 1 aliphatic heterocycles. The molecule has 3 nitrogen and oxygen atoms in total. The molecule has 2 N–H and O–H groups in total. The van der Waals surface area contributed by atoms with Crippen LogP contribution >= 0.6 is 11.3 Å². The fourth-order valence-electron chi connectivity index (χ4n) is 5.85. The first kappa shape index (κ1) is 11.1. The zero-order valence-electron chi connectivity index (χ0n) is 11.3. The van der Waals surface area contributed by atoms with E-state index in [1.54, 1.807) is 11.3 Å². The quantitative estimate of drug-likeness (QED) is 0.856. The minimum Gasteiger partial charge on any atom is -0.375 e. The van der Waals surface area contributed by atoms with Gasteiger partial charge >= 0.3 is 0 Å². The molecule has 0 atom stereocenters. The number of thiazole rings is 1. The summed E-state index contributed by atoms with van der Waals surface area (Å²) in [4.78, 5) is 8.73. The summed E-state index contributed by atoms with van der Waals surface area (Å²) in [5, 5.41) is 0.759. The van der Waals surface area contributed by atoms with Crippen LogP contribution in [-0.4, -0.2) is 15.4 Å². The highest BCUT2D eigenvalue weighted by atomic mass is 32.1. The van der Waals surface area contributed by atoms with Gasteiger partial charge in [0.05, 0.1) is 5.69 Å². The van der Waals surface area contributed by atoms with Crippen molar-refractivity contribution in [2.45, 2.75) is 57.2 Å². The Morgan fingerprint density at radius 3 is 2.26 bits per heavy atom. The zero-order chi connectivity index (χ0) is 12.6. The standard InChI is InChI=1S/C15H21N3S/c16-14-17-12-7-18(8-13(12)19-14)15-4-9-1-10(5-15)3-11(2-9)6-15/h9-11H,1-8H2,(H2,16,17). The van der Waals surface area contributed by atoms with Crippen LogP contribution in [-0.2, 0) is 13.1 Å². The Hall–Kier alpha value is -0.610. The normalized spacial score (nSPS) is 43.9. The molecule has 1 aromatic rings. The van der Waals surface area contributed by atoms with E-state index in [4.69, 9.17) is 5.73 Å². The van der Waals surface area contributed by atoms with E-state index < -0.39 is 0 Å². The Labute approximate surface area is 118 Å². The average molecular weight is 275 g/mol. The van der Waals surface area contributed by atoms with Gasteiger partial charge in [0, 0.05) is 23.5 Å². The van der Waals surface area contributed by atoms with Crippen LogP contribution in [0.3, 0.4) is 0 Å². The van der Waals surface area contributed by atoms with Gasteiger partial charge in [0.25, 0.3) is 0 Å². The number of hydrogen-bond donors (Lipinski definition) is 1. The Morgan fingerprint density at radius 1 is 1.05 bits per heavy atom. The molecule has 4 fully saturated rings. The van der Waals surface area contributed by atoms with Gasteiger partial charge in [-0.2, -0.15) is 0 Å². The van der Waals surface area contributed by atoms with Gasteiger partial charge in [0.2, 0.25) is 0 Å². The van der Waals surface area contributed by atoms with Crippen LogP contribution in [0.4, 0.5) is 5.13 Å². The third-order valence-corrected chi connectivity index (χ3v) is 7.06. The molecule has 1 aromatic heterocycles. The monoisotopic (exact) mass is 275 g/mol. The molecule has 4 saturated carbocycles. The Bertz CT molecular complexity index is 477. The second kappa shape index (κ2) is 3.53. The molecule has 4 heteroatoms. The van der Waals surface area contributed by atoms with Gasteiger partial charge < -0.3 is 5.73 Å². The van der Waals surface area contributed by atoms with Crippen LogP contribution in [0, 0.1) is 17.8 Å². The molecule has 4 aliphatic carbocycles. The molecule has 0 amide bonds. The van der Waals surface area contributed by atoms with Gasteiger partial charge in [0.15, 0.2) is 5.13 Å². The molecule has 0 radical (unpaired) electrons. The zero-order valence-corrected chi connectivity index (χ0v) is 12.1. The first-order chi connectivity index (χ1) is 9.20. The lowest BCUT2D eigenvalue weighted by Crippen LogP contribution is -2.58. The molecular weight excluding hydrogens is 254 g/mol. The molecule has 2 heterocycles. The average Bonchev–Trinajstić information content (AvgIpc) is 2.84. The van der Waals surface area contributed by atoms with E-state index in [0.717, 1.165) is 36.0 Å². The molecule has 19 heavy (non-hydrogen) atoms. The molecule has 0 unspecified atom stereocenters.